The minimum Gasteiger partial charge on any atom is -0.482 e. The molecule has 0 bridgehead atoms. The quantitative estimate of drug-likeness (QED) is 0.599. The molecule has 1 fully saturated rings. The van der Waals surface area contributed by atoms with Gasteiger partial charge in [-0.2, -0.15) is 0 Å². The molecule has 1 atom stereocenters. The molecule has 7 heteroatoms. The van der Waals surface area contributed by atoms with E-state index in [9.17, 15) is 9.59 Å². The van der Waals surface area contributed by atoms with Gasteiger partial charge in [-0.15, -0.1) is 11.8 Å². The summed E-state index contributed by atoms with van der Waals surface area (Å²) in [6, 6.07) is 5.83. The third-order valence-electron chi connectivity index (χ3n) is 3.86. The van der Waals surface area contributed by atoms with E-state index in [0.29, 0.717) is 18.9 Å². The third-order valence-corrected chi connectivity index (χ3v) is 5.00. The second-order valence-corrected chi connectivity index (χ2v) is 6.70. The summed E-state index contributed by atoms with van der Waals surface area (Å²) < 4.78 is 10.3. The maximum atomic E-state index is 11.3. The standard InChI is InChI=1S/C17H23NO5S/c1-3-22-16(19)10-23-15-7-6-14(9-12(15)2)24-11-13-5-4-8-18(13)17(20)21/h6-7,9,13H,3-5,8,10-11H2,1-2H3,(H,20,21)/t13-/m0/s1. The molecule has 1 aromatic rings. The highest BCUT2D eigenvalue weighted by molar-refractivity contribution is 7.99. The van der Waals surface area contributed by atoms with E-state index in [1.807, 2.05) is 25.1 Å². The predicted molar refractivity (Wildman–Crippen MR) is 91.8 cm³/mol. The molecule has 132 valence electrons. The van der Waals surface area contributed by atoms with Crippen LogP contribution in [-0.2, 0) is 9.53 Å². The van der Waals surface area contributed by atoms with E-state index in [4.69, 9.17) is 14.6 Å². The summed E-state index contributed by atoms with van der Waals surface area (Å²) in [5, 5.41) is 9.17. The van der Waals surface area contributed by atoms with Gasteiger partial charge in [0.25, 0.3) is 0 Å². The Bertz CT molecular complexity index is 592. The number of carbonyl (C=O) groups excluding carboxylic acids is 1. The van der Waals surface area contributed by atoms with E-state index in [2.05, 4.69) is 0 Å². The first-order valence-electron chi connectivity index (χ1n) is 8.02. The van der Waals surface area contributed by atoms with Crippen molar-refractivity contribution >= 4 is 23.8 Å². The lowest BCUT2D eigenvalue weighted by Gasteiger charge is -2.21. The molecule has 0 aromatic heterocycles. The monoisotopic (exact) mass is 353 g/mol. The number of nitrogens with zero attached hydrogens (tertiary/aromatic N) is 1. The summed E-state index contributed by atoms with van der Waals surface area (Å²) in [4.78, 5) is 25.1. The number of ether oxygens (including phenoxy) is 2. The van der Waals surface area contributed by atoms with E-state index in [-0.39, 0.29) is 18.6 Å². The number of rotatable bonds is 7. The molecule has 0 radical (unpaired) electrons. The lowest BCUT2D eigenvalue weighted by atomic mass is 10.2. The van der Waals surface area contributed by atoms with Crippen LogP contribution < -0.4 is 4.74 Å². The summed E-state index contributed by atoms with van der Waals surface area (Å²) in [5.74, 6) is 1.01. The Morgan fingerprint density at radius 3 is 2.88 bits per heavy atom. The smallest absolute Gasteiger partial charge is 0.407 e. The van der Waals surface area contributed by atoms with Crippen molar-refractivity contribution in [3.63, 3.8) is 0 Å². The largest absolute Gasteiger partial charge is 0.482 e. The van der Waals surface area contributed by atoms with Crippen molar-refractivity contribution < 1.29 is 24.2 Å². The van der Waals surface area contributed by atoms with Gasteiger partial charge in [-0.25, -0.2) is 9.59 Å². The highest BCUT2D eigenvalue weighted by Crippen LogP contribution is 2.29. The van der Waals surface area contributed by atoms with Gasteiger partial charge in [0, 0.05) is 23.2 Å². The zero-order valence-electron chi connectivity index (χ0n) is 14.0. The molecule has 0 saturated carbocycles. The Morgan fingerprint density at radius 2 is 2.21 bits per heavy atom. The number of likely N-dealkylation sites (tertiary alicyclic amines) is 1. The van der Waals surface area contributed by atoms with Gasteiger partial charge in [0.2, 0.25) is 0 Å². The van der Waals surface area contributed by atoms with Crippen LogP contribution in [-0.4, -0.2) is 53.6 Å². The molecule has 2 rings (SSSR count). The van der Waals surface area contributed by atoms with Crippen molar-refractivity contribution in [3.05, 3.63) is 23.8 Å². The van der Waals surface area contributed by atoms with E-state index in [0.717, 1.165) is 29.1 Å². The van der Waals surface area contributed by atoms with Gasteiger partial charge in [0.15, 0.2) is 6.61 Å². The average Bonchev–Trinajstić information content (AvgIpc) is 3.01. The number of carboxylic acid groups (broad SMARTS) is 1. The lowest BCUT2D eigenvalue weighted by Crippen LogP contribution is -2.35. The molecule has 0 unspecified atom stereocenters. The first-order chi connectivity index (χ1) is 11.5. The van der Waals surface area contributed by atoms with Crippen molar-refractivity contribution in [1.29, 1.82) is 0 Å². The van der Waals surface area contributed by atoms with E-state index >= 15 is 0 Å². The van der Waals surface area contributed by atoms with Crippen LogP contribution in [0.15, 0.2) is 23.1 Å². The second kappa shape index (κ2) is 8.82. The van der Waals surface area contributed by atoms with Crippen molar-refractivity contribution in [2.75, 3.05) is 25.5 Å². The zero-order chi connectivity index (χ0) is 17.5. The maximum absolute atomic E-state index is 11.3. The molecular formula is C17H23NO5S. The van der Waals surface area contributed by atoms with Gasteiger partial charge < -0.3 is 19.5 Å². The van der Waals surface area contributed by atoms with Gasteiger partial charge in [0.1, 0.15) is 5.75 Å². The number of aryl methyl sites for hydroxylation is 1. The number of amides is 1. The molecule has 1 saturated heterocycles. The lowest BCUT2D eigenvalue weighted by molar-refractivity contribution is -0.145. The Balaban J connectivity index is 1.87. The Hall–Kier alpha value is -1.89. The molecule has 0 aliphatic carbocycles. The van der Waals surface area contributed by atoms with E-state index < -0.39 is 6.09 Å². The summed E-state index contributed by atoms with van der Waals surface area (Å²) >= 11 is 1.64. The van der Waals surface area contributed by atoms with Crippen molar-refractivity contribution in [2.24, 2.45) is 0 Å². The third kappa shape index (κ3) is 5.06. The second-order valence-electron chi connectivity index (χ2n) is 5.60. The number of benzene rings is 1. The Kier molecular flexibility index (Phi) is 6.78. The molecular weight excluding hydrogens is 330 g/mol. The molecule has 1 aliphatic heterocycles. The van der Waals surface area contributed by atoms with Crippen LogP contribution in [0.5, 0.6) is 5.75 Å². The first kappa shape index (κ1) is 18.4. The fraction of sp³-hybridized carbons (Fsp3) is 0.529. The van der Waals surface area contributed by atoms with E-state index in [1.54, 1.807) is 18.7 Å². The van der Waals surface area contributed by atoms with Crippen LogP contribution in [0.4, 0.5) is 4.79 Å². The molecule has 1 amide bonds. The van der Waals surface area contributed by atoms with Crippen LogP contribution in [0.25, 0.3) is 0 Å². The predicted octanol–water partition coefficient (Wildman–Crippen LogP) is 3.17. The number of hydrogen-bond donors (Lipinski definition) is 1. The van der Waals surface area contributed by atoms with Crippen molar-refractivity contribution in [1.82, 2.24) is 4.90 Å². The topological polar surface area (TPSA) is 76.1 Å². The SMILES string of the molecule is CCOC(=O)COc1ccc(SC[C@@H]2CCCN2C(=O)O)cc1C. The highest BCUT2D eigenvalue weighted by atomic mass is 32.2. The number of thioether (sulfide) groups is 1. The minimum absolute atomic E-state index is 0.0764. The normalized spacial score (nSPS) is 16.9. The van der Waals surface area contributed by atoms with Gasteiger partial charge in [-0.1, -0.05) is 0 Å². The summed E-state index contributed by atoms with van der Waals surface area (Å²) in [6.07, 6.45) is 1.01. The molecule has 24 heavy (non-hydrogen) atoms. The molecule has 0 spiro atoms. The number of esters is 1. The molecule has 1 aromatic carbocycles. The van der Waals surface area contributed by atoms with Gasteiger partial charge in [0.05, 0.1) is 6.61 Å². The van der Waals surface area contributed by atoms with Gasteiger partial charge in [-0.3, -0.25) is 0 Å². The van der Waals surface area contributed by atoms with Gasteiger partial charge >= 0.3 is 12.1 Å². The summed E-state index contributed by atoms with van der Waals surface area (Å²) in [6.45, 7) is 4.54. The van der Waals surface area contributed by atoms with Crippen LogP contribution in [0, 0.1) is 6.92 Å². The van der Waals surface area contributed by atoms with E-state index in [1.165, 1.54) is 4.90 Å². The summed E-state index contributed by atoms with van der Waals surface area (Å²) in [5.41, 5.74) is 0.936. The highest BCUT2D eigenvalue weighted by Gasteiger charge is 2.28. The first-order valence-corrected chi connectivity index (χ1v) is 9.01. The molecule has 1 heterocycles. The fourth-order valence-corrected chi connectivity index (χ4v) is 3.82. The average molecular weight is 353 g/mol. The Labute approximate surface area is 146 Å². The number of hydrogen-bond acceptors (Lipinski definition) is 5. The van der Waals surface area contributed by atoms with Crippen LogP contribution in [0.1, 0.15) is 25.3 Å². The fourth-order valence-electron chi connectivity index (χ4n) is 2.67. The minimum atomic E-state index is -0.836. The van der Waals surface area contributed by atoms with Crippen molar-refractivity contribution in [2.45, 2.75) is 37.6 Å². The van der Waals surface area contributed by atoms with Crippen LogP contribution in [0.3, 0.4) is 0 Å². The zero-order valence-corrected chi connectivity index (χ0v) is 14.8. The van der Waals surface area contributed by atoms with Crippen LogP contribution in [0.2, 0.25) is 0 Å². The molecule has 1 aliphatic rings. The maximum Gasteiger partial charge on any atom is 0.407 e. The summed E-state index contributed by atoms with van der Waals surface area (Å²) in [7, 11) is 0. The van der Waals surface area contributed by atoms with Crippen LogP contribution >= 0.6 is 11.8 Å². The van der Waals surface area contributed by atoms with Gasteiger partial charge in [-0.05, 0) is 50.5 Å². The molecule has 1 N–H and O–H groups in total. The number of carbonyl (C=O) groups is 2. The molecule has 6 nitrogen and oxygen atoms in total. The van der Waals surface area contributed by atoms with Crippen molar-refractivity contribution in [3.8, 4) is 5.75 Å². The Morgan fingerprint density at radius 1 is 1.42 bits per heavy atom.